The summed E-state index contributed by atoms with van der Waals surface area (Å²) in [5.41, 5.74) is 5.21. The molecular weight excluding hydrogens is 322 g/mol. The van der Waals surface area contributed by atoms with Gasteiger partial charge < -0.3 is 5.32 Å². The summed E-state index contributed by atoms with van der Waals surface area (Å²) in [6.07, 6.45) is 1.79. The summed E-state index contributed by atoms with van der Waals surface area (Å²) in [7, 11) is 0. The Labute approximate surface area is 143 Å². The zero-order chi connectivity index (χ0) is 16.7. The van der Waals surface area contributed by atoms with Gasteiger partial charge in [0.2, 0.25) is 5.91 Å². The number of hydrogen-bond donors (Lipinski definition) is 2. The molecule has 1 aliphatic heterocycles. The van der Waals surface area contributed by atoms with Gasteiger partial charge in [0.15, 0.2) is 0 Å². The van der Waals surface area contributed by atoms with Gasteiger partial charge in [-0.1, -0.05) is 18.2 Å². The first-order valence-electron chi connectivity index (χ1n) is 7.71. The predicted octanol–water partition coefficient (Wildman–Crippen LogP) is 2.99. The summed E-state index contributed by atoms with van der Waals surface area (Å²) in [5.74, 6) is 1.07. The van der Waals surface area contributed by atoms with Crippen LogP contribution in [-0.4, -0.2) is 31.6 Å². The van der Waals surface area contributed by atoms with Crippen molar-refractivity contribution in [3.05, 3.63) is 59.0 Å². The van der Waals surface area contributed by atoms with Crippen LogP contribution < -0.4 is 5.32 Å². The maximum Gasteiger partial charge on any atom is 0.235 e. The second-order valence-corrected chi connectivity index (χ2v) is 6.86. The van der Waals surface area contributed by atoms with E-state index < -0.39 is 0 Å². The lowest BCUT2D eigenvalue weighted by Gasteiger charge is -2.14. The quantitative estimate of drug-likeness (QED) is 0.752. The number of nitrogens with zero attached hydrogens (tertiary/aromatic N) is 3. The van der Waals surface area contributed by atoms with Gasteiger partial charge in [-0.3, -0.25) is 9.89 Å². The Morgan fingerprint density at radius 2 is 2.04 bits per heavy atom. The number of H-pyrrole nitrogens is 1. The highest BCUT2D eigenvalue weighted by atomic mass is 32.2. The van der Waals surface area contributed by atoms with Gasteiger partial charge in [-0.15, -0.1) is 11.8 Å². The van der Waals surface area contributed by atoms with E-state index in [2.05, 4.69) is 22.4 Å². The zero-order valence-electron chi connectivity index (χ0n) is 13.4. The normalized spacial score (nSPS) is 17.2. The summed E-state index contributed by atoms with van der Waals surface area (Å²) in [4.78, 5) is 11.9. The number of aromatic amines is 1. The van der Waals surface area contributed by atoms with E-state index in [9.17, 15) is 4.79 Å². The Bertz CT molecular complexity index is 899. The van der Waals surface area contributed by atoms with Crippen molar-refractivity contribution in [1.29, 1.82) is 0 Å². The first-order chi connectivity index (χ1) is 11.6. The van der Waals surface area contributed by atoms with E-state index in [1.807, 2.05) is 41.9 Å². The molecule has 0 saturated heterocycles. The van der Waals surface area contributed by atoms with Crippen LogP contribution in [0.5, 0.6) is 0 Å². The Balaban J connectivity index is 1.84. The van der Waals surface area contributed by atoms with E-state index in [0.29, 0.717) is 11.6 Å². The van der Waals surface area contributed by atoms with Gasteiger partial charge in [-0.05, 0) is 26.0 Å². The van der Waals surface area contributed by atoms with Crippen LogP contribution in [0.15, 0.2) is 36.5 Å². The highest BCUT2D eigenvalue weighted by Gasteiger charge is 2.30. The minimum absolute atomic E-state index is 0.0150. The number of aryl methyl sites for hydroxylation is 1. The number of hydrogen-bond acceptors (Lipinski definition) is 4. The van der Waals surface area contributed by atoms with Crippen molar-refractivity contribution in [2.45, 2.75) is 19.1 Å². The van der Waals surface area contributed by atoms with Crippen LogP contribution in [0.3, 0.4) is 0 Å². The van der Waals surface area contributed by atoms with E-state index in [4.69, 9.17) is 5.10 Å². The molecule has 24 heavy (non-hydrogen) atoms. The SMILES string of the molecule is Cc1nn(-c2ccccc2)c(C)c1C1SCC(=O)Nc2[nH]ncc21. The number of benzene rings is 1. The molecule has 1 aromatic carbocycles. The minimum atomic E-state index is -0.0150. The van der Waals surface area contributed by atoms with Gasteiger partial charge in [0, 0.05) is 16.8 Å². The molecule has 0 bridgehead atoms. The number of carbonyl (C=O) groups excluding carboxylic acids is 1. The van der Waals surface area contributed by atoms with Gasteiger partial charge in [0.1, 0.15) is 5.82 Å². The molecule has 6 nitrogen and oxygen atoms in total. The third-order valence-corrected chi connectivity index (χ3v) is 5.46. The lowest BCUT2D eigenvalue weighted by atomic mass is 10.0. The van der Waals surface area contributed by atoms with Crippen molar-refractivity contribution in [1.82, 2.24) is 20.0 Å². The van der Waals surface area contributed by atoms with E-state index in [0.717, 1.165) is 28.2 Å². The fraction of sp³-hybridized carbons (Fsp3) is 0.235. The van der Waals surface area contributed by atoms with Crippen LogP contribution in [0, 0.1) is 13.8 Å². The summed E-state index contributed by atoms with van der Waals surface area (Å²) >= 11 is 1.60. The van der Waals surface area contributed by atoms with Crippen LogP contribution in [0.4, 0.5) is 5.82 Å². The molecule has 0 fully saturated rings. The zero-order valence-corrected chi connectivity index (χ0v) is 14.2. The monoisotopic (exact) mass is 339 g/mol. The van der Waals surface area contributed by atoms with Crippen molar-refractivity contribution >= 4 is 23.5 Å². The van der Waals surface area contributed by atoms with Gasteiger partial charge >= 0.3 is 0 Å². The molecule has 2 aromatic heterocycles. The number of fused-ring (bicyclic) bond motifs is 1. The Kier molecular flexibility index (Phi) is 3.65. The highest BCUT2D eigenvalue weighted by Crippen LogP contribution is 2.43. The number of thioether (sulfide) groups is 1. The van der Waals surface area contributed by atoms with Crippen LogP contribution in [0.25, 0.3) is 5.69 Å². The van der Waals surface area contributed by atoms with Gasteiger partial charge in [-0.25, -0.2) is 4.68 Å². The van der Waals surface area contributed by atoms with Gasteiger partial charge in [0.25, 0.3) is 0 Å². The molecule has 0 aliphatic carbocycles. The molecule has 3 heterocycles. The average Bonchev–Trinajstić information content (AvgIpc) is 3.11. The average molecular weight is 339 g/mol. The summed E-state index contributed by atoms with van der Waals surface area (Å²) < 4.78 is 1.96. The largest absolute Gasteiger partial charge is 0.310 e. The number of nitrogens with one attached hydrogen (secondary N) is 2. The van der Waals surface area contributed by atoms with E-state index in [1.54, 1.807) is 18.0 Å². The number of rotatable bonds is 2. The summed E-state index contributed by atoms with van der Waals surface area (Å²) in [6.45, 7) is 4.09. The number of amides is 1. The third kappa shape index (κ3) is 2.41. The van der Waals surface area contributed by atoms with Crippen LogP contribution >= 0.6 is 11.8 Å². The molecule has 4 rings (SSSR count). The smallest absolute Gasteiger partial charge is 0.235 e. The Morgan fingerprint density at radius 1 is 1.25 bits per heavy atom. The highest BCUT2D eigenvalue weighted by molar-refractivity contribution is 8.00. The fourth-order valence-corrected chi connectivity index (χ4v) is 4.37. The molecule has 1 amide bonds. The second kappa shape index (κ2) is 5.83. The van der Waals surface area contributed by atoms with Gasteiger partial charge in [0.05, 0.1) is 28.6 Å². The molecule has 0 spiro atoms. The van der Waals surface area contributed by atoms with Crippen molar-refractivity contribution in [2.75, 3.05) is 11.1 Å². The second-order valence-electron chi connectivity index (χ2n) is 5.77. The molecule has 0 saturated carbocycles. The minimum Gasteiger partial charge on any atom is -0.310 e. The number of para-hydroxylation sites is 1. The van der Waals surface area contributed by atoms with Crippen LogP contribution in [0.2, 0.25) is 0 Å². The third-order valence-electron chi connectivity index (χ3n) is 4.21. The molecule has 7 heteroatoms. The molecule has 0 radical (unpaired) electrons. The number of aromatic nitrogens is 4. The Hall–Kier alpha value is -2.54. The molecule has 3 aromatic rings. The number of anilines is 1. The molecule has 1 atom stereocenters. The first-order valence-corrected chi connectivity index (χ1v) is 8.76. The van der Waals surface area contributed by atoms with E-state index in [-0.39, 0.29) is 11.2 Å². The topological polar surface area (TPSA) is 75.6 Å². The lowest BCUT2D eigenvalue weighted by molar-refractivity contribution is -0.113. The van der Waals surface area contributed by atoms with Crippen molar-refractivity contribution in [3.63, 3.8) is 0 Å². The molecule has 1 unspecified atom stereocenters. The predicted molar refractivity (Wildman–Crippen MR) is 94.6 cm³/mol. The maximum absolute atomic E-state index is 11.9. The van der Waals surface area contributed by atoms with Gasteiger partial charge in [-0.2, -0.15) is 10.2 Å². The summed E-state index contributed by atoms with van der Waals surface area (Å²) in [6, 6.07) is 10.1. The van der Waals surface area contributed by atoms with Crippen molar-refractivity contribution in [3.8, 4) is 5.69 Å². The van der Waals surface area contributed by atoms with E-state index in [1.165, 1.54) is 0 Å². The van der Waals surface area contributed by atoms with Crippen LogP contribution in [-0.2, 0) is 4.79 Å². The molecule has 2 N–H and O–H groups in total. The molecule has 1 aliphatic rings. The number of carbonyl (C=O) groups is 1. The molecular formula is C17H17N5OS. The standard InChI is InChI=1S/C17H17N5OS/c1-10-15(11(2)22(21-10)12-6-4-3-5-7-12)16-13-8-18-20-17(13)19-14(23)9-24-16/h3-8,16H,9H2,1-2H3,(H2,18,19,20,23). The summed E-state index contributed by atoms with van der Waals surface area (Å²) in [5, 5.41) is 14.6. The lowest BCUT2D eigenvalue weighted by Crippen LogP contribution is -2.12. The van der Waals surface area contributed by atoms with Crippen molar-refractivity contribution < 1.29 is 4.79 Å². The Morgan fingerprint density at radius 3 is 2.83 bits per heavy atom. The first kappa shape index (κ1) is 15.0. The fourth-order valence-electron chi connectivity index (χ4n) is 3.11. The maximum atomic E-state index is 11.9. The molecule has 122 valence electrons. The van der Waals surface area contributed by atoms with Crippen molar-refractivity contribution in [2.24, 2.45) is 0 Å². The van der Waals surface area contributed by atoms with E-state index >= 15 is 0 Å². The van der Waals surface area contributed by atoms with Crippen LogP contribution in [0.1, 0.15) is 27.8 Å².